The van der Waals surface area contributed by atoms with Gasteiger partial charge < -0.3 is 0 Å². The van der Waals surface area contributed by atoms with Gasteiger partial charge in [-0.15, -0.1) is 0 Å². The first-order chi connectivity index (χ1) is 11.6. The van der Waals surface area contributed by atoms with E-state index in [9.17, 15) is 16.8 Å². The van der Waals surface area contributed by atoms with Crippen molar-refractivity contribution < 1.29 is 25.2 Å². The Bertz CT molecular complexity index is 914. The molecule has 0 saturated carbocycles. The Labute approximate surface area is 148 Å². The van der Waals surface area contributed by atoms with E-state index in [1.807, 2.05) is 13.8 Å². The van der Waals surface area contributed by atoms with Crippen LogP contribution in [0.3, 0.4) is 0 Å². The summed E-state index contributed by atoms with van der Waals surface area (Å²) in [5.74, 6) is 0. The second-order valence-electron chi connectivity index (χ2n) is 5.73. The summed E-state index contributed by atoms with van der Waals surface area (Å²) in [5.41, 5.74) is 1.83. The van der Waals surface area contributed by atoms with Crippen molar-refractivity contribution in [3.8, 4) is 0 Å². The smallest absolute Gasteiger partial charge is 0.264 e. The summed E-state index contributed by atoms with van der Waals surface area (Å²) < 4.78 is 58.4. The fourth-order valence-corrected chi connectivity index (χ4v) is 4.01. The van der Waals surface area contributed by atoms with Crippen LogP contribution in [-0.2, 0) is 28.6 Å². The lowest BCUT2D eigenvalue weighted by Gasteiger charge is -2.13. The molecule has 2 aromatic carbocycles. The van der Waals surface area contributed by atoms with Crippen molar-refractivity contribution >= 4 is 20.2 Å². The minimum absolute atomic E-state index is 0.00587. The van der Waals surface area contributed by atoms with E-state index in [-0.39, 0.29) is 9.79 Å². The fourth-order valence-electron chi connectivity index (χ4n) is 1.96. The average molecular weight is 384 g/mol. The number of hydrogen-bond donors (Lipinski definition) is 0. The Kier molecular flexibility index (Phi) is 5.99. The van der Waals surface area contributed by atoms with Gasteiger partial charge in [0.25, 0.3) is 20.2 Å². The zero-order valence-electron chi connectivity index (χ0n) is 14.2. The third-order valence-corrected chi connectivity index (χ3v) is 6.10. The Hall–Kier alpha value is -1.74. The van der Waals surface area contributed by atoms with Gasteiger partial charge in [-0.1, -0.05) is 35.4 Å². The normalized spacial score (nSPS) is 13.6. The molecule has 0 bridgehead atoms. The first-order valence-electron chi connectivity index (χ1n) is 7.56. The highest BCUT2D eigenvalue weighted by molar-refractivity contribution is 7.87. The van der Waals surface area contributed by atoms with Crippen LogP contribution in [0.15, 0.2) is 58.3 Å². The molecule has 25 heavy (non-hydrogen) atoms. The van der Waals surface area contributed by atoms with Crippen molar-refractivity contribution in [1.82, 2.24) is 0 Å². The summed E-state index contributed by atoms with van der Waals surface area (Å²) in [7, 11) is -7.96. The Morgan fingerprint density at radius 1 is 0.760 bits per heavy atom. The van der Waals surface area contributed by atoms with Gasteiger partial charge in [0.2, 0.25) is 0 Å². The van der Waals surface area contributed by atoms with Crippen molar-refractivity contribution in [3.63, 3.8) is 0 Å². The molecule has 0 saturated heterocycles. The minimum atomic E-state index is -3.99. The molecule has 0 aromatic heterocycles. The highest BCUT2D eigenvalue weighted by atomic mass is 32.2. The summed E-state index contributed by atoms with van der Waals surface area (Å²) in [6.07, 6.45) is -0.966. The molecule has 0 N–H and O–H groups in total. The third-order valence-electron chi connectivity index (χ3n) is 3.37. The van der Waals surface area contributed by atoms with Gasteiger partial charge in [-0.2, -0.15) is 16.8 Å². The van der Waals surface area contributed by atoms with E-state index >= 15 is 0 Å². The standard InChI is InChI=1S/C17H20O6S2/c1-13-4-8-16(9-5-13)24(18,19)22-12-15(3)23-25(20,21)17-10-6-14(2)7-11-17/h4-11,15H,12H2,1-3H3. The monoisotopic (exact) mass is 384 g/mol. The third kappa shape index (κ3) is 5.37. The number of rotatable bonds is 7. The van der Waals surface area contributed by atoms with Crippen LogP contribution in [-0.4, -0.2) is 29.5 Å². The van der Waals surface area contributed by atoms with Crippen molar-refractivity contribution in [2.45, 2.75) is 36.7 Å². The molecule has 0 radical (unpaired) electrons. The Morgan fingerprint density at radius 3 is 1.60 bits per heavy atom. The zero-order chi connectivity index (χ0) is 18.7. The molecule has 0 aliphatic heterocycles. The largest absolute Gasteiger partial charge is 0.297 e. The van der Waals surface area contributed by atoms with E-state index in [1.165, 1.54) is 31.2 Å². The summed E-state index contributed by atoms with van der Waals surface area (Å²) in [5, 5.41) is 0. The topological polar surface area (TPSA) is 86.7 Å². The number of hydrogen-bond acceptors (Lipinski definition) is 6. The van der Waals surface area contributed by atoms with Crippen LogP contribution in [0.2, 0.25) is 0 Å². The minimum Gasteiger partial charge on any atom is -0.264 e. The second kappa shape index (κ2) is 7.65. The molecule has 0 amide bonds. The van der Waals surface area contributed by atoms with E-state index < -0.39 is 32.9 Å². The Morgan fingerprint density at radius 2 is 1.16 bits per heavy atom. The van der Waals surface area contributed by atoms with Gasteiger partial charge in [-0.05, 0) is 45.0 Å². The van der Waals surface area contributed by atoms with Crippen molar-refractivity contribution in [3.05, 3.63) is 59.7 Å². The molecular weight excluding hydrogens is 364 g/mol. The first kappa shape index (κ1) is 19.6. The summed E-state index contributed by atoms with van der Waals surface area (Å²) in [6.45, 7) is 4.68. The fraction of sp³-hybridized carbons (Fsp3) is 0.294. The zero-order valence-corrected chi connectivity index (χ0v) is 15.8. The lowest BCUT2D eigenvalue weighted by molar-refractivity contribution is 0.152. The van der Waals surface area contributed by atoms with Crippen molar-refractivity contribution in [2.24, 2.45) is 0 Å². The van der Waals surface area contributed by atoms with E-state index in [0.717, 1.165) is 11.1 Å². The van der Waals surface area contributed by atoms with Gasteiger partial charge >= 0.3 is 0 Å². The second-order valence-corrected chi connectivity index (χ2v) is 8.91. The molecule has 1 unspecified atom stereocenters. The lowest BCUT2D eigenvalue weighted by Crippen LogP contribution is -2.23. The van der Waals surface area contributed by atoms with Gasteiger partial charge in [-0.3, -0.25) is 8.37 Å². The molecule has 2 aromatic rings. The summed E-state index contributed by atoms with van der Waals surface area (Å²) in [4.78, 5) is 0.0121. The maximum absolute atomic E-state index is 12.2. The van der Waals surface area contributed by atoms with Crippen LogP contribution >= 0.6 is 0 Å². The number of aryl methyl sites for hydroxylation is 2. The van der Waals surface area contributed by atoms with Crippen LogP contribution in [0.4, 0.5) is 0 Å². The summed E-state index contributed by atoms with van der Waals surface area (Å²) in [6, 6.07) is 12.3. The molecule has 6 nitrogen and oxygen atoms in total. The van der Waals surface area contributed by atoms with E-state index in [1.54, 1.807) is 24.3 Å². The van der Waals surface area contributed by atoms with E-state index in [2.05, 4.69) is 0 Å². The highest BCUT2D eigenvalue weighted by Gasteiger charge is 2.22. The maximum Gasteiger partial charge on any atom is 0.297 e. The van der Waals surface area contributed by atoms with Gasteiger partial charge in [0.1, 0.15) is 0 Å². The Balaban J connectivity index is 2.01. The lowest BCUT2D eigenvalue weighted by atomic mass is 10.2. The molecule has 136 valence electrons. The van der Waals surface area contributed by atoms with Crippen molar-refractivity contribution in [2.75, 3.05) is 6.61 Å². The predicted molar refractivity (Wildman–Crippen MR) is 93.2 cm³/mol. The highest BCUT2D eigenvalue weighted by Crippen LogP contribution is 2.17. The number of benzene rings is 2. The molecule has 0 aliphatic carbocycles. The molecule has 0 aliphatic rings. The molecule has 0 spiro atoms. The van der Waals surface area contributed by atoms with Crippen molar-refractivity contribution in [1.29, 1.82) is 0 Å². The quantitative estimate of drug-likeness (QED) is 0.682. The molecule has 0 fully saturated rings. The van der Waals surface area contributed by atoms with E-state index in [4.69, 9.17) is 8.37 Å². The summed E-state index contributed by atoms with van der Waals surface area (Å²) >= 11 is 0. The maximum atomic E-state index is 12.2. The predicted octanol–water partition coefficient (Wildman–Crippen LogP) is 2.80. The van der Waals surface area contributed by atoms with Gasteiger partial charge in [0.05, 0.1) is 22.5 Å². The first-order valence-corrected chi connectivity index (χ1v) is 10.4. The SMILES string of the molecule is Cc1ccc(S(=O)(=O)OCC(C)OS(=O)(=O)c2ccc(C)cc2)cc1. The molecule has 0 heterocycles. The van der Waals surface area contributed by atoms with Crippen LogP contribution in [0.5, 0.6) is 0 Å². The average Bonchev–Trinajstić information content (AvgIpc) is 2.53. The van der Waals surface area contributed by atoms with Gasteiger partial charge in [0.15, 0.2) is 0 Å². The van der Waals surface area contributed by atoms with Crippen LogP contribution in [0, 0.1) is 13.8 Å². The molecule has 2 rings (SSSR count). The molecule has 8 heteroatoms. The van der Waals surface area contributed by atoms with Gasteiger partial charge in [-0.25, -0.2) is 0 Å². The van der Waals surface area contributed by atoms with Crippen LogP contribution < -0.4 is 0 Å². The van der Waals surface area contributed by atoms with Crippen LogP contribution in [0.1, 0.15) is 18.1 Å². The molecular formula is C17H20O6S2. The molecule has 1 atom stereocenters. The van der Waals surface area contributed by atoms with Crippen LogP contribution in [0.25, 0.3) is 0 Å². The van der Waals surface area contributed by atoms with Gasteiger partial charge in [0, 0.05) is 0 Å². The van der Waals surface area contributed by atoms with E-state index in [0.29, 0.717) is 0 Å².